The lowest BCUT2D eigenvalue weighted by Gasteiger charge is -2.37. The number of nitrogens with one attached hydrogen (secondary N) is 1. The summed E-state index contributed by atoms with van der Waals surface area (Å²) in [5, 5.41) is 11.9. The van der Waals surface area contributed by atoms with E-state index < -0.39 is 17.3 Å². The minimum Gasteiger partial charge on any atom is -0.481 e. The van der Waals surface area contributed by atoms with Crippen molar-refractivity contribution < 1.29 is 19.5 Å². The number of carboxylic acid groups (broad SMARTS) is 1. The second kappa shape index (κ2) is 6.91. The molecule has 6 nitrogen and oxygen atoms in total. The summed E-state index contributed by atoms with van der Waals surface area (Å²) in [5.74, 6) is -1.53. The van der Waals surface area contributed by atoms with Gasteiger partial charge in [-0.2, -0.15) is 0 Å². The second-order valence-corrected chi connectivity index (χ2v) is 6.67. The average Bonchev–Trinajstić information content (AvgIpc) is 2.37. The second-order valence-electron chi connectivity index (χ2n) is 6.67. The van der Waals surface area contributed by atoms with Crippen LogP contribution in [0.25, 0.3) is 0 Å². The van der Waals surface area contributed by atoms with Gasteiger partial charge in [0.05, 0.1) is 5.92 Å². The molecule has 1 aliphatic heterocycles. The van der Waals surface area contributed by atoms with E-state index in [0.717, 1.165) is 0 Å². The molecule has 0 unspecified atom stereocenters. The normalized spacial score (nSPS) is 22.8. The van der Waals surface area contributed by atoms with E-state index in [4.69, 9.17) is 5.11 Å². The minimum atomic E-state index is -0.846. The molecule has 1 saturated heterocycles. The molecule has 0 radical (unpaired) electrons. The minimum absolute atomic E-state index is 0.0922. The fourth-order valence-corrected chi connectivity index (χ4v) is 2.52. The SMILES string of the molecule is C[C@@H]1[C@H](C(=O)O)CCCN1C(=O)CCNC(=O)C(C)(C)C. The van der Waals surface area contributed by atoms with Gasteiger partial charge in [-0.05, 0) is 19.8 Å². The van der Waals surface area contributed by atoms with Crippen LogP contribution in [0.5, 0.6) is 0 Å². The maximum atomic E-state index is 12.2. The largest absolute Gasteiger partial charge is 0.481 e. The van der Waals surface area contributed by atoms with Crippen LogP contribution in [0, 0.1) is 11.3 Å². The summed E-state index contributed by atoms with van der Waals surface area (Å²) in [6, 6.07) is -0.290. The third-order valence-corrected chi connectivity index (χ3v) is 3.93. The zero-order valence-corrected chi connectivity index (χ0v) is 13.3. The third-order valence-electron chi connectivity index (χ3n) is 3.93. The van der Waals surface area contributed by atoms with Crippen LogP contribution < -0.4 is 5.32 Å². The van der Waals surface area contributed by atoms with Crippen molar-refractivity contribution in [3.05, 3.63) is 0 Å². The summed E-state index contributed by atoms with van der Waals surface area (Å²) in [7, 11) is 0. The van der Waals surface area contributed by atoms with Crippen molar-refractivity contribution in [3.63, 3.8) is 0 Å². The topological polar surface area (TPSA) is 86.7 Å². The van der Waals surface area contributed by atoms with E-state index in [-0.39, 0.29) is 30.8 Å². The molecule has 0 spiro atoms. The van der Waals surface area contributed by atoms with Crippen molar-refractivity contribution in [3.8, 4) is 0 Å². The molecule has 0 aromatic rings. The predicted molar refractivity (Wildman–Crippen MR) is 78.6 cm³/mol. The smallest absolute Gasteiger partial charge is 0.308 e. The standard InChI is InChI=1S/C15H26N2O4/c1-10-11(13(19)20)6-5-9-17(10)12(18)7-8-16-14(21)15(2,3)4/h10-11H,5-9H2,1-4H3,(H,16,21)(H,19,20)/t10-,11-/m1/s1. The number of rotatable bonds is 4. The molecule has 0 saturated carbocycles. The number of carboxylic acids is 1. The fourth-order valence-electron chi connectivity index (χ4n) is 2.52. The lowest BCUT2D eigenvalue weighted by molar-refractivity contribution is -0.149. The van der Waals surface area contributed by atoms with Crippen LogP contribution in [-0.2, 0) is 14.4 Å². The van der Waals surface area contributed by atoms with Gasteiger partial charge in [0.2, 0.25) is 11.8 Å². The molecule has 1 rings (SSSR count). The Hall–Kier alpha value is -1.59. The Morgan fingerprint density at radius 1 is 1.29 bits per heavy atom. The van der Waals surface area contributed by atoms with Crippen LogP contribution in [0.15, 0.2) is 0 Å². The van der Waals surface area contributed by atoms with Crippen molar-refractivity contribution in [1.82, 2.24) is 10.2 Å². The van der Waals surface area contributed by atoms with Crippen LogP contribution in [0.1, 0.15) is 47.0 Å². The third kappa shape index (κ3) is 4.72. The first kappa shape index (κ1) is 17.5. The maximum absolute atomic E-state index is 12.2. The van der Waals surface area contributed by atoms with Gasteiger partial charge in [0.1, 0.15) is 0 Å². The number of nitrogens with zero attached hydrogens (tertiary/aromatic N) is 1. The van der Waals surface area contributed by atoms with E-state index in [2.05, 4.69) is 5.32 Å². The molecule has 2 N–H and O–H groups in total. The maximum Gasteiger partial charge on any atom is 0.308 e. The van der Waals surface area contributed by atoms with Gasteiger partial charge in [0.15, 0.2) is 0 Å². The molecule has 6 heteroatoms. The van der Waals surface area contributed by atoms with Gasteiger partial charge in [-0.15, -0.1) is 0 Å². The zero-order chi connectivity index (χ0) is 16.2. The lowest BCUT2D eigenvalue weighted by atomic mass is 9.90. The Bertz CT molecular complexity index is 414. The highest BCUT2D eigenvalue weighted by Gasteiger charge is 2.35. The molecule has 1 fully saturated rings. The molecule has 0 aliphatic carbocycles. The average molecular weight is 298 g/mol. The van der Waals surface area contributed by atoms with Crippen LogP contribution >= 0.6 is 0 Å². The molecule has 0 aromatic heterocycles. The Morgan fingerprint density at radius 2 is 1.90 bits per heavy atom. The molecule has 2 atom stereocenters. The molecule has 1 aliphatic rings. The van der Waals surface area contributed by atoms with Crippen molar-refractivity contribution in [2.24, 2.45) is 11.3 Å². The van der Waals surface area contributed by atoms with Gasteiger partial charge in [-0.25, -0.2) is 0 Å². The molecular formula is C15H26N2O4. The first-order chi connectivity index (χ1) is 9.64. The number of aliphatic carboxylic acids is 1. The highest BCUT2D eigenvalue weighted by molar-refractivity contribution is 5.83. The number of carbonyl (C=O) groups excluding carboxylic acids is 2. The molecular weight excluding hydrogens is 272 g/mol. The Labute approximate surface area is 125 Å². The van der Waals surface area contributed by atoms with E-state index >= 15 is 0 Å². The number of hydrogen-bond acceptors (Lipinski definition) is 3. The zero-order valence-electron chi connectivity index (χ0n) is 13.3. The Balaban J connectivity index is 2.48. The van der Waals surface area contributed by atoms with Gasteiger partial charge < -0.3 is 15.3 Å². The van der Waals surface area contributed by atoms with Gasteiger partial charge in [0.25, 0.3) is 0 Å². The number of hydrogen-bond donors (Lipinski definition) is 2. The molecule has 2 amide bonds. The first-order valence-corrected chi connectivity index (χ1v) is 7.45. The van der Waals surface area contributed by atoms with Gasteiger partial charge in [-0.1, -0.05) is 20.8 Å². The van der Waals surface area contributed by atoms with Gasteiger partial charge in [-0.3, -0.25) is 14.4 Å². The summed E-state index contributed by atoms with van der Waals surface area (Å²) < 4.78 is 0. The highest BCUT2D eigenvalue weighted by Crippen LogP contribution is 2.24. The summed E-state index contributed by atoms with van der Waals surface area (Å²) in [6.07, 6.45) is 1.53. The van der Waals surface area contributed by atoms with Crippen LogP contribution in [0.2, 0.25) is 0 Å². The van der Waals surface area contributed by atoms with E-state index in [0.29, 0.717) is 19.4 Å². The van der Waals surface area contributed by atoms with Crippen molar-refractivity contribution in [2.45, 2.75) is 53.0 Å². The molecule has 21 heavy (non-hydrogen) atoms. The van der Waals surface area contributed by atoms with Crippen molar-refractivity contribution in [2.75, 3.05) is 13.1 Å². The highest BCUT2D eigenvalue weighted by atomic mass is 16.4. The van der Waals surface area contributed by atoms with E-state index in [1.807, 2.05) is 20.8 Å². The first-order valence-electron chi connectivity index (χ1n) is 7.45. The number of carbonyl (C=O) groups is 3. The number of amides is 2. The van der Waals surface area contributed by atoms with Gasteiger partial charge in [0, 0.05) is 31.0 Å². The number of likely N-dealkylation sites (tertiary alicyclic amines) is 1. The Kier molecular flexibility index (Phi) is 5.75. The summed E-state index contributed by atoms with van der Waals surface area (Å²) in [4.78, 5) is 36.7. The Morgan fingerprint density at radius 3 is 2.43 bits per heavy atom. The molecule has 0 bridgehead atoms. The fraction of sp³-hybridized carbons (Fsp3) is 0.800. The van der Waals surface area contributed by atoms with Crippen LogP contribution in [0.4, 0.5) is 0 Å². The van der Waals surface area contributed by atoms with E-state index in [1.54, 1.807) is 11.8 Å². The van der Waals surface area contributed by atoms with Crippen molar-refractivity contribution in [1.29, 1.82) is 0 Å². The van der Waals surface area contributed by atoms with E-state index in [1.165, 1.54) is 0 Å². The van der Waals surface area contributed by atoms with E-state index in [9.17, 15) is 14.4 Å². The lowest BCUT2D eigenvalue weighted by Crippen LogP contribution is -2.49. The monoisotopic (exact) mass is 298 g/mol. The quantitative estimate of drug-likeness (QED) is 0.818. The molecule has 1 heterocycles. The summed E-state index contributed by atoms with van der Waals surface area (Å²) in [6.45, 7) is 8.10. The molecule has 0 aromatic carbocycles. The molecule has 120 valence electrons. The van der Waals surface area contributed by atoms with Crippen LogP contribution in [-0.4, -0.2) is 46.9 Å². The van der Waals surface area contributed by atoms with Gasteiger partial charge >= 0.3 is 5.97 Å². The summed E-state index contributed by atoms with van der Waals surface area (Å²) >= 11 is 0. The summed E-state index contributed by atoms with van der Waals surface area (Å²) in [5.41, 5.74) is -0.476. The number of piperidine rings is 1. The van der Waals surface area contributed by atoms with Crippen LogP contribution in [0.3, 0.4) is 0 Å². The predicted octanol–water partition coefficient (Wildman–Crippen LogP) is 1.25. The van der Waals surface area contributed by atoms with Crippen molar-refractivity contribution >= 4 is 17.8 Å².